The molecule has 0 radical (unpaired) electrons. The number of rotatable bonds is 4. The van der Waals surface area contributed by atoms with E-state index in [0.29, 0.717) is 12.5 Å². The van der Waals surface area contributed by atoms with Gasteiger partial charge in [0.25, 0.3) is 0 Å². The van der Waals surface area contributed by atoms with Crippen LogP contribution in [-0.4, -0.2) is 46.2 Å². The number of carbonyl (C=O) groups is 1. The van der Waals surface area contributed by atoms with E-state index in [1.54, 1.807) is 11.1 Å². The van der Waals surface area contributed by atoms with Crippen molar-refractivity contribution in [3.8, 4) is 0 Å². The number of nitrogens with one attached hydrogen (secondary N) is 1. The molecule has 1 amide bonds. The van der Waals surface area contributed by atoms with Crippen LogP contribution in [0, 0.1) is 5.92 Å². The first-order valence-corrected chi connectivity index (χ1v) is 8.37. The van der Waals surface area contributed by atoms with E-state index in [1.165, 1.54) is 0 Å². The zero-order valence-electron chi connectivity index (χ0n) is 14.0. The first-order chi connectivity index (χ1) is 10.8. The second kappa shape index (κ2) is 7.93. The Morgan fingerprint density at radius 2 is 2.13 bits per heavy atom. The summed E-state index contributed by atoms with van der Waals surface area (Å²) in [5.74, 6) is 0.561. The van der Waals surface area contributed by atoms with Gasteiger partial charge in [0.2, 0.25) is 5.28 Å². The molecule has 1 saturated heterocycles. The van der Waals surface area contributed by atoms with Gasteiger partial charge in [-0.15, -0.1) is 0 Å². The molecule has 0 bridgehead atoms. The molecular formula is C16H25ClN4O2. The first kappa shape index (κ1) is 17.9. The summed E-state index contributed by atoms with van der Waals surface area (Å²) in [6.07, 6.45) is 3.42. The fourth-order valence-corrected chi connectivity index (χ4v) is 2.68. The molecule has 1 fully saturated rings. The Labute approximate surface area is 142 Å². The Hall–Kier alpha value is -1.40. The lowest BCUT2D eigenvalue weighted by Crippen LogP contribution is -2.43. The molecule has 0 spiro atoms. The lowest BCUT2D eigenvalue weighted by molar-refractivity contribution is 0.0184. The van der Waals surface area contributed by atoms with Crippen molar-refractivity contribution in [2.24, 2.45) is 5.92 Å². The zero-order chi connectivity index (χ0) is 16.9. The van der Waals surface area contributed by atoms with Crippen LogP contribution in [0.15, 0.2) is 12.3 Å². The second-order valence-electron chi connectivity index (χ2n) is 6.86. The first-order valence-electron chi connectivity index (χ1n) is 7.99. The van der Waals surface area contributed by atoms with Crippen LogP contribution in [0.3, 0.4) is 0 Å². The van der Waals surface area contributed by atoms with Gasteiger partial charge in [0.05, 0.1) is 5.69 Å². The normalized spacial score (nSPS) is 16.4. The van der Waals surface area contributed by atoms with Crippen molar-refractivity contribution in [3.05, 3.63) is 23.2 Å². The predicted molar refractivity (Wildman–Crippen MR) is 89.3 cm³/mol. The number of carbonyl (C=O) groups excluding carboxylic acids is 1. The summed E-state index contributed by atoms with van der Waals surface area (Å²) < 4.78 is 5.41. The van der Waals surface area contributed by atoms with Crippen LogP contribution in [0.25, 0.3) is 0 Å². The van der Waals surface area contributed by atoms with E-state index in [9.17, 15) is 4.79 Å². The van der Waals surface area contributed by atoms with Crippen LogP contribution < -0.4 is 5.32 Å². The monoisotopic (exact) mass is 340 g/mol. The average molecular weight is 341 g/mol. The Morgan fingerprint density at radius 3 is 2.74 bits per heavy atom. The van der Waals surface area contributed by atoms with Crippen molar-refractivity contribution < 1.29 is 9.53 Å². The topological polar surface area (TPSA) is 67.3 Å². The minimum atomic E-state index is -0.436. The van der Waals surface area contributed by atoms with Gasteiger partial charge >= 0.3 is 6.09 Å². The highest BCUT2D eigenvalue weighted by Crippen LogP contribution is 2.19. The van der Waals surface area contributed by atoms with Crippen molar-refractivity contribution in [2.75, 3.05) is 19.6 Å². The third-order valence-electron chi connectivity index (χ3n) is 3.69. The van der Waals surface area contributed by atoms with Gasteiger partial charge < -0.3 is 15.0 Å². The van der Waals surface area contributed by atoms with Gasteiger partial charge in [-0.1, -0.05) is 0 Å². The summed E-state index contributed by atoms with van der Waals surface area (Å²) in [4.78, 5) is 21.8. The number of aromatic nitrogens is 2. The van der Waals surface area contributed by atoms with Crippen LogP contribution in [0.5, 0.6) is 0 Å². The molecule has 1 aromatic rings. The van der Waals surface area contributed by atoms with Crippen molar-refractivity contribution in [3.63, 3.8) is 0 Å². The van der Waals surface area contributed by atoms with E-state index >= 15 is 0 Å². The molecule has 7 heteroatoms. The van der Waals surface area contributed by atoms with Crippen molar-refractivity contribution >= 4 is 17.7 Å². The second-order valence-corrected chi connectivity index (χ2v) is 7.20. The van der Waals surface area contributed by atoms with Gasteiger partial charge in [-0.05, 0) is 63.7 Å². The van der Waals surface area contributed by atoms with Gasteiger partial charge in [0.15, 0.2) is 0 Å². The van der Waals surface area contributed by atoms with Crippen LogP contribution in [0.1, 0.15) is 39.3 Å². The molecule has 128 valence electrons. The SMILES string of the molecule is CC(C)(C)OC(=O)N1CCC(CNCc2ccnc(Cl)n2)CC1. The van der Waals surface area contributed by atoms with Crippen LogP contribution in [-0.2, 0) is 11.3 Å². The van der Waals surface area contributed by atoms with E-state index in [1.807, 2.05) is 26.8 Å². The molecule has 0 atom stereocenters. The smallest absolute Gasteiger partial charge is 0.410 e. The third-order valence-corrected chi connectivity index (χ3v) is 3.87. The van der Waals surface area contributed by atoms with Crippen LogP contribution in [0.2, 0.25) is 5.28 Å². The van der Waals surface area contributed by atoms with Gasteiger partial charge in [-0.3, -0.25) is 0 Å². The molecular weight excluding hydrogens is 316 g/mol. The highest BCUT2D eigenvalue weighted by Gasteiger charge is 2.26. The Morgan fingerprint density at radius 1 is 1.43 bits per heavy atom. The van der Waals surface area contributed by atoms with Gasteiger partial charge in [-0.2, -0.15) is 0 Å². The number of amides is 1. The number of nitrogens with zero attached hydrogens (tertiary/aromatic N) is 3. The molecule has 23 heavy (non-hydrogen) atoms. The van der Waals surface area contributed by atoms with Gasteiger partial charge in [0.1, 0.15) is 5.60 Å². The molecule has 2 rings (SSSR count). The number of likely N-dealkylation sites (tertiary alicyclic amines) is 1. The molecule has 1 N–H and O–H groups in total. The Balaban J connectivity index is 1.68. The minimum absolute atomic E-state index is 0.209. The Kier molecular flexibility index (Phi) is 6.18. The summed E-state index contributed by atoms with van der Waals surface area (Å²) in [5, 5.41) is 3.67. The molecule has 0 saturated carbocycles. The summed E-state index contributed by atoms with van der Waals surface area (Å²) >= 11 is 5.76. The fraction of sp³-hybridized carbons (Fsp3) is 0.688. The van der Waals surface area contributed by atoms with E-state index < -0.39 is 5.60 Å². The third kappa shape index (κ3) is 6.31. The molecule has 2 heterocycles. The maximum Gasteiger partial charge on any atom is 0.410 e. The van der Waals surface area contributed by atoms with E-state index in [2.05, 4.69) is 15.3 Å². The van der Waals surface area contributed by atoms with Gasteiger partial charge in [0, 0.05) is 25.8 Å². The molecule has 0 unspecified atom stereocenters. The highest BCUT2D eigenvalue weighted by molar-refractivity contribution is 6.28. The highest BCUT2D eigenvalue weighted by atomic mass is 35.5. The quantitative estimate of drug-likeness (QED) is 0.854. The number of piperidine rings is 1. The number of hydrogen-bond donors (Lipinski definition) is 1. The van der Waals surface area contributed by atoms with E-state index in [-0.39, 0.29) is 11.4 Å². The fourth-order valence-electron chi connectivity index (χ4n) is 2.52. The lowest BCUT2D eigenvalue weighted by Gasteiger charge is -2.33. The van der Waals surface area contributed by atoms with Crippen molar-refractivity contribution in [2.45, 2.75) is 45.8 Å². The average Bonchev–Trinajstić information content (AvgIpc) is 2.46. The number of ether oxygens (including phenoxy) is 1. The minimum Gasteiger partial charge on any atom is -0.444 e. The maximum absolute atomic E-state index is 12.0. The number of hydrogen-bond acceptors (Lipinski definition) is 5. The zero-order valence-corrected chi connectivity index (χ0v) is 14.8. The van der Waals surface area contributed by atoms with Gasteiger partial charge in [-0.25, -0.2) is 14.8 Å². The largest absolute Gasteiger partial charge is 0.444 e. The van der Waals surface area contributed by atoms with Crippen LogP contribution >= 0.6 is 11.6 Å². The summed E-state index contributed by atoms with van der Waals surface area (Å²) in [7, 11) is 0. The lowest BCUT2D eigenvalue weighted by atomic mass is 9.97. The standard InChI is InChI=1S/C16H25ClN4O2/c1-16(2,3)23-15(22)21-8-5-12(6-9-21)10-18-11-13-4-7-19-14(17)20-13/h4,7,12,18H,5-6,8-11H2,1-3H3. The molecule has 6 nitrogen and oxygen atoms in total. The molecule has 1 aliphatic heterocycles. The van der Waals surface area contributed by atoms with E-state index in [4.69, 9.17) is 16.3 Å². The molecule has 1 aliphatic rings. The summed E-state index contributed by atoms with van der Waals surface area (Å²) in [5.41, 5.74) is 0.449. The summed E-state index contributed by atoms with van der Waals surface area (Å²) in [6.45, 7) is 8.75. The van der Waals surface area contributed by atoms with Crippen LogP contribution in [0.4, 0.5) is 4.79 Å². The molecule has 0 aromatic carbocycles. The Bertz CT molecular complexity index is 525. The maximum atomic E-state index is 12.0. The summed E-state index contributed by atoms with van der Waals surface area (Å²) in [6, 6.07) is 1.85. The number of halogens is 1. The predicted octanol–water partition coefficient (Wildman–Crippen LogP) is 2.87. The van der Waals surface area contributed by atoms with Crippen molar-refractivity contribution in [1.29, 1.82) is 0 Å². The molecule has 0 aliphatic carbocycles. The van der Waals surface area contributed by atoms with Crippen molar-refractivity contribution in [1.82, 2.24) is 20.2 Å². The molecule has 1 aromatic heterocycles. The van der Waals surface area contributed by atoms with E-state index in [0.717, 1.165) is 38.2 Å².